The Labute approximate surface area is 114 Å². The van der Waals surface area contributed by atoms with E-state index in [1.54, 1.807) is 0 Å². The van der Waals surface area contributed by atoms with Crippen LogP contribution in [0.25, 0.3) is 0 Å². The molecular formula is C15H21NO3. The highest BCUT2D eigenvalue weighted by Crippen LogP contribution is 2.34. The molecule has 1 fully saturated rings. The standard InChI is InChI=1S/C15H21NO3/c1-3-17-13-7-12(8-13)16-10(2)11-4-5-14-15(6-11)19-9-18-14/h4-6,10,12-13,16H,3,7-9H2,1-2H3. The predicted octanol–water partition coefficient (Wildman–Crippen LogP) is 2.63. The largest absolute Gasteiger partial charge is 0.454 e. The van der Waals surface area contributed by atoms with Gasteiger partial charge in [-0.3, -0.25) is 0 Å². The molecule has 1 saturated carbocycles. The first-order valence-corrected chi connectivity index (χ1v) is 7.03. The van der Waals surface area contributed by atoms with Crippen molar-refractivity contribution in [3.8, 4) is 11.5 Å². The summed E-state index contributed by atoms with van der Waals surface area (Å²) in [7, 11) is 0. The van der Waals surface area contributed by atoms with Crippen molar-refractivity contribution in [2.45, 2.75) is 44.9 Å². The lowest BCUT2D eigenvalue weighted by Crippen LogP contribution is -2.46. The Morgan fingerprint density at radius 3 is 2.89 bits per heavy atom. The Balaban J connectivity index is 1.55. The van der Waals surface area contributed by atoms with Gasteiger partial charge in [-0.05, 0) is 44.4 Å². The molecular weight excluding hydrogens is 242 g/mol. The van der Waals surface area contributed by atoms with Crippen LogP contribution in [0.5, 0.6) is 11.5 Å². The van der Waals surface area contributed by atoms with E-state index in [-0.39, 0.29) is 0 Å². The Hall–Kier alpha value is -1.26. The summed E-state index contributed by atoms with van der Waals surface area (Å²) in [5.74, 6) is 1.70. The molecule has 19 heavy (non-hydrogen) atoms. The molecule has 1 aromatic rings. The predicted molar refractivity (Wildman–Crippen MR) is 72.6 cm³/mol. The van der Waals surface area contributed by atoms with Crippen LogP contribution in [0.1, 0.15) is 38.3 Å². The maximum atomic E-state index is 5.58. The normalized spacial score (nSPS) is 26.0. The van der Waals surface area contributed by atoms with Crippen LogP contribution in [0, 0.1) is 0 Å². The molecule has 0 radical (unpaired) electrons. The zero-order valence-electron chi connectivity index (χ0n) is 11.5. The van der Waals surface area contributed by atoms with E-state index in [9.17, 15) is 0 Å². The van der Waals surface area contributed by atoms with E-state index >= 15 is 0 Å². The van der Waals surface area contributed by atoms with Crippen LogP contribution < -0.4 is 14.8 Å². The van der Waals surface area contributed by atoms with Crippen LogP contribution >= 0.6 is 0 Å². The lowest BCUT2D eigenvalue weighted by atomic mass is 9.88. The van der Waals surface area contributed by atoms with Crippen molar-refractivity contribution in [3.05, 3.63) is 23.8 Å². The van der Waals surface area contributed by atoms with Crippen molar-refractivity contribution in [1.82, 2.24) is 5.32 Å². The fraction of sp³-hybridized carbons (Fsp3) is 0.600. The number of fused-ring (bicyclic) bond motifs is 1. The molecule has 0 saturated heterocycles. The lowest BCUT2D eigenvalue weighted by Gasteiger charge is -2.37. The monoisotopic (exact) mass is 263 g/mol. The van der Waals surface area contributed by atoms with Crippen LogP contribution in [0.15, 0.2) is 18.2 Å². The van der Waals surface area contributed by atoms with E-state index in [4.69, 9.17) is 14.2 Å². The van der Waals surface area contributed by atoms with Gasteiger partial charge in [-0.2, -0.15) is 0 Å². The summed E-state index contributed by atoms with van der Waals surface area (Å²) < 4.78 is 16.3. The summed E-state index contributed by atoms with van der Waals surface area (Å²) in [6.07, 6.45) is 2.68. The zero-order chi connectivity index (χ0) is 13.2. The Bertz CT molecular complexity index is 443. The number of nitrogens with one attached hydrogen (secondary N) is 1. The van der Waals surface area contributed by atoms with E-state index in [1.807, 2.05) is 6.07 Å². The van der Waals surface area contributed by atoms with E-state index in [0.29, 0.717) is 25.0 Å². The van der Waals surface area contributed by atoms with Crippen molar-refractivity contribution in [3.63, 3.8) is 0 Å². The molecule has 1 aliphatic carbocycles. The molecule has 1 aromatic carbocycles. The minimum Gasteiger partial charge on any atom is -0.454 e. The van der Waals surface area contributed by atoms with Gasteiger partial charge in [0.1, 0.15) is 0 Å². The molecule has 104 valence electrons. The maximum Gasteiger partial charge on any atom is 0.231 e. The fourth-order valence-electron chi connectivity index (χ4n) is 2.71. The molecule has 1 heterocycles. The summed E-state index contributed by atoms with van der Waals surface area (Å²) in [6.45, 7) is 5.38. The van der Waals surface area contributed by atoms with Gasteiger partial charge in [0.05, 0.1) is 6.10 Å². The lowest BCUT2D eigenvalue weighted by molar-refractivity contribution is -0.0120. The van der Waals surface area contributed by atoms with Gasteiger partial charge >= 0.3 is 0 Å². The minimum absolute atomic E-state index is 0.321. The first-order valence-electron chi connectivity index (χ1n) is 7.03. The first kappa shape index (κ1) is 12.8. The Kier molecular flexibility index (Phi) is 3.62. The second-order valence-electron chi connectivity index (χ2n) is 5.25. The van der Waals surface area contributed by atoms with Gasteiger partial charge < -0.3 is 19.5 Å². The van der Waals surface area contributed by atoms with E-state index in [1.165, 1.54) is 5.56 Å². The number of hydrogen-bond donors (Lipinski definition) is 1. The second kappa shape index (κ2) is 5.39. The van der Waals surface area contributed by atoms with Gasteiger partial charge in [-0.25, -0.2) is 0 Å². The van der Waals surface area contributed by atoms with E-state index in [2.05, 4.69) is 31.3 Å². The molecule has 0 spiro atoms. The summed E-state index contributed by atoms with van der Waals surface area (Å²) >= 11 is 0. The molecule has 1 atom stereocenters. The number of rotatable bonds is 5. The molecule has 4 heteroatoms. The number of ether oxygens (including phenoxy) is 3. The average Bonchev–Trinajstić information content (AvgIpc) is 2.83. The third-order valence-corrected chi connectivity index (χ3v) is 3.88. The van der Waals surface area contributed by atoms with Crippen molar-refractivity contribution in [2.75, 3.05) is 13.4 Å². The molecule has 0 bridgehead atoms. The van der Waals surface area contributed by atoms with Crippen LogP contribution in [0.2, 0.25) is 0 Å². The summed E-state index contributed by atoms with van der Waals surface area (Å²) in [5.41, 5.74) is 1.24. The van der Waals surface area contributed by atoms with Gasteiger partial charge in [0.15, 0.2) is 11.5 Å². The highest BCUT2D eigenvalue weighted by atomic mass is 16.7. The number of benzene rings is 1. The minimum atomic E-state index is 0.321. The van der Waals surface area contributed by atoms with Gasteiger partial charge in [-0.1, -0.05) is 6.07 Å². The van der Waals surface area contributed by atoms with Gasteiger partial charge in [0, 0.05) is 18.7 Å². The molecule has 2 aliphatic rings. The van der Waals surface area contributed by atoms with Crippen molar-refractivity contribution >= 4 is 0 Å². The van der Waals surface area contributed by atoms with Gasteiger partial charge in [0.25, 0.3) is 0 Å². The third kappa shape index (κ3) is 2.69. The molecule has 3 rings (SSSR count). The topological polar surface area (TPSA) is 39.7 Å². The smallest absolute Gasteiger partial charge is 0.231 e. The highest BCUT2D eigenvalue weighted by Gasteiger charge is 2.30. The Morgan fingerprint density at radius 1 is 1.32 bits per heavy atom. The molecule has 1 aliphatic heterocycles. The third-order valence-electron chi connectivity index (χ3n) is 3.88. The molecule has 4 nitrogen and oxygen atoms in total. The zero-order valence-corrected chi connectivity index (χ0v) is 11.5. The van der Waals surface area contributed by atoms with Crippen LogP contribution in [0.3, 0.4) is 0 Å². The van der Waals surface area contributed by atoms with Gasteiger partial charge in [0.2, 0.25) is 6.79 Å². The highest BCUT2D eigenvalue weighted by molar-refractivity contribution is 5.45. The van der Waals surface area contributed by atoms with Gasteiger partial charge in [-0.15, -0.1) is 0 Å². The van der Waals surface area contributed by atoms with Crippen LogP contribution in [0.4, 0.5) is 0 Å². The van der Waals surface area contributed by atoms with Crippen LogP contribution in [-0.4, -0.2) is 25.5 Å². The van der Waals surface area contributed by atoms with Crippen molar-refractivity contribution in [1.29, 1.82) is 0 Å². The van der Waals surface area contributed by atoms with Crippen LogP contribution in [-0.2, 0) is 4.74 Å². The van der Waals surface area contributed by atoms with E-state index in [0.717, 1.165) is 30.9 Å². The molecule has 1 unspecified atom stereocenters. The maximum absolute atomic E-state index is 5.58. The van der Waals surface area contributed by atoms with Crippen molar-refractivity contribution < 1.29 is 14.2 Å². The van der Waals surface area contributed by atoms with E-state index < -0.39 is 0 Å². The molecule has 0 aromatic heterocycles. The second-order valence-corrected chi connectivity index (χ2v) is 5.25. The number of hydrogen-bond acceptors (Lipinski definition) is 4. The van der Waals surface area contributed by atoms with Crippen molar-refractivity contribution in [2.24, 2.45) is 0 Å². The molecule has 1 N–H and O–H groups in total. The Morgan fingerprint density at radius 2 is 2.11 bits per heavy atom. The summed E-state index contributed by atoms with van der Waals surface area (Å²) in [5, 5.41) is 3.64. The average molecular weight is 263 g/mol. The summed E-state index contributed by atoms with van der Waals surface area (Å²) in [6, 6.07) is 7.04. The fourth-order valence-corrected chi connectivity index (χ4v) is 2.71. The summed E-state index contributed by atoms with van der Waals surface area (Å²) in [4.78, 5) is 0. The first-order chi connectivity index (χ1) is 9.26. The SMILES string of the molecule is CCOC1CC(NC(C)c2ccc3c(c2)OCO3)C1. The quantitative estimate of drug-likeness (QED) is 0.886. The molecule has 0 amide bonds.